The number of carbonyl (C=O) groups is 1. The van der Waals surface area contributed by atoms with Crippen LogP contribution in [0.5, 0.6) is 0 Å². The Labute approximate surface area is 169 Å². The molecule has 0 bridgehead atoms. The molecule has 2 heterocycles. The number of aromatic amines is 1. The molecule has 1 saturated heterocycles. The standard InChI is InChI=1S/C23H25N3O3/c1-17-7-8-21-19(13-17)14-20(22(27)24-21)15-25-9-11-26(12-10-25)23(28)29-16-18-5-3-2-4-6-18/h2-8,13-14H,9-12,15-16H2,1H3,(H,24,27). The zero-order valence-corrected chi connectivity index (χ0v) is 16.6. The number of nitrogens with zero attached hydrogens (tertiary/aromatic N) is 2. The molecule has 1 fully saturated rings. The Kier molecular flexibility index (Phi) is 5.62. The highest BCUT2D eigenvalue weighted by molar-refractivity contribution is 5.79. The maximum atomic E-state index is 12.4. The third kappa shape index (κ3) is 4.66. The maximum Gasteiger partial charge on any atom is 0.410 e. The van der Waals surface area contributed by atoms with Gasteiger partial charge < -0.3 is 14.6 Å². The van der Waals surface area contributed by atoms with Crippen molar-refractivity contribution in [1.29, 1.82) is 0 Å². The molecule has 0 atom stereocenters. The Morgan fingerprint density at radius 1 is 1.03 bits per heavy atom. The SMILES string of the molecule is Cc1ccc2[nH]c(=O)c(CN3CCN(C(=O)OCc4ccccc4)CC3)cc2c1. The first kappa shape index (κ1) is 19.2. The summed E-state index contributed by atoms with van der Waals surface area (Å²) in [5.74, 6) is 0. The lowest BCUT2D eigenvalue weighted by molar-refractivity contribution is 0.0700. The van der Waals surface area contributed by atoms with E-state index in [2.05, 4.69) is 16.0 Å². The highest BCUT2D eigenvalue weighted by Crippen LogP contribution is 2.15. The predicted octanol–water partition coefficient (Wildman–Crippen LogP) is 3.29. The molecular weight excluding hydrogens is 366 g/mol. The summed E-state index contributed by atoms with van der Waals surface area (Å²) in [5.41, 5.74) is 3.70. The minimum absolute atomic E-state index is 0.0500. The van der Waals surface area contributed by atoms with Gasteiger partial charge in [0.05, 0.1) is 0 Å². The van der Waals surface area contributed by atoms with Crippen LogP contribution in [0.15, 0.2) is 59.4 Å². The molecule has 1 N–H and O–H groups in total. The number of aromatic nitrogens is 1. The summed E-state index contributed by atoms with van der Waals surface area (Å²) in [7, 11) is 0. The second kappa shape index (κ2) is 8.49. The van der Waals surface area contributed by atoms with Gasteiger partial charge in [-0.1, -0.05) is 42.0 Å². The first-order valence-corrected chi connectivity index (χ1v) is 9.89. The van der Waals surface area contributed by atoms with Crippen LogP contribution in [0.1, 0.15) is 16.7 Å². The first-order valence-electron chi connectivity index (χ1n) is 9.89. The Morgan fingerprint density at radius 3 is 2.55 bits per heavy atom. The van der Waals surface area contributed by atoms with E-state index in [0.29, 0.717) is 32.7 Å². The van der Waals surface area contributed by atoms with E-state index in [0.717, 1.165) is 27.6 Å². The first-order chi connectivity index (χ1) is 14.1. The summed E-state index contributed by atoms with van der Waals surface area (Å²) >= 11 is 0. The summed E-state index contributed by atoms with van der Waals surface area (Å²) in [6, 6.07) is 17.7. The van der Waals surface area contributed by atoms with E-state index in [1.807, 2.05) is 55.5 Å². The monoisotopic (exact) mass is 391 g/mol. The lowest BCUT2D eigenvalue weighted by atomic mass is 10.1. The van der Waals surface area contributed by atoms with E-state index >= 15 is 0 Å². The smallest absolute Gasteiger partial charge is 0.410 e. The van der Waals surface area contributed by atoms with E-state index in [1.54, 1.807) is 4.90 Å². The highest BCUT2D eigenvalue weighted by Gasteiger charge is 2.22. The van der Waals surface area contributed by atoms with Crippen LogP contribution in [0.4, 0.5) is 4.79 Å². The fourth-order valence-corrected chi connectivity index (χ4v) is 3.63. The number of piperazine rings is 1. The Bertz CT molecular complexity index is 1050. The molecular formula is C23H25N3O3. The second-order valence-corrected chi connectivity index (χ2v) is 7.52. The molecule has 3 aromatic rings. The number of hydrogen-bond acceptors (Lipinski definition) is 4. The quantitative estimate of drug-likeness (QED) is 0.741. The number of benzene rings is 2. The van der Waals surface area contributed by atoms with E-state index in [4.69, 9.17) is 4.74 Å². The maximum absolute atomic E-state index is 12.4. The molecule has 1 aliphatic heterocycles. The van der Waals surface area contributed by atoms with Gasteiger partial charge in [0, 0.05) is 43.8 Å². The minimum atomic E-state index is -0.285. The lowest BCUT2D eigenvalue weighted by Gasteiger charge is -2.33. The molecule has 4 rings (SSSR count). The number of fused-ring (bicyclic) bond motifs is 1. The van der Waals surface area contributed by atoms with Crippen LogP contribution in [0, 0.1) is 6.92 Å². The van der Waals surface area contributed by atoms with E-state index in [-0.39, 0.29) is 18.3 Å². The van der Waals surface area contributed by atoms with Crippen molar-refractivity contribution in [1.82, 2.24) is 14.8 Å². The Balaban J connectivity index is 1.33. The number of ether oxygens (including phenoxy) is 1. The van der Waals surface area contributed by atoms with Gasteiger partial charge in [-0.3, -0.25) is 9.69 Å². The summed E-state index contributed by atoms with van der Waals surface area (Å²) in [4.78, 5) is 31.6. The molecule has 150 valence electrons. The summed E-state index contributed by atoms with van der Waals surface area (Å²) in [5, 5.41) is 1.04. The molecule has 0 unspecified atom stereocenters. The van der Waals surface area contributed by atoms with Gasteiger partial charge in [0.2, 0.25) is 0 Å². The van der Waals surface area contributed by atoms with Gasteiger partial charge in [0.25, 0.3) is 5.56 Å². The molecule has 2 aromatic carbocycles. The molecule has 0 aliphatic carbocycles. The largest absolute Gasteiger partial charge is 0.445 e. The third-order valence-electron chi connectivity index (χ3n) is 5.31. The zero-order chi connectivity index (χ0) is 20.2. The van der Waals surface area contributed by atoms with Crippen LogP contribution in [0.2, 0.25) is 0 Å². The lowest BCUT2D eigenvalue weighted by Crippen LogP contribution is -2.48. The fourth-order valence-electron chi connectivity index (χ4n) is 3.63. The van der Waals surface area contributed by atoms with E-state index in [9.17, 15) is 9.59 Å². The van der Waals surface area contributed by atoms with Gasteiger partial charge in [-0.05, 0) is 36.1 Å². The number of pyridine rings is 1. The predicted molar refractivity (Wildman–Crippen MR) is 113 cm³/mol. The van der Waals surface area contributed by atoms with Gasteiger partial charge in [-0.2, -0.15) is 0 Å². The number of nitrogens with one attached hydrogen (secondary N) is 1. The molecule has 6 heteroatoms. The Hall–Kier alpha value is -3.12. The Morgan fingerprint density at radius 2 is 1.79 bits per heavy atom. The van der Waals surface area contributed by atoms with Crippen molar-refractivity contribution >= 4 is 17.0 Å². The van der Waals surface area contributed by atoms with Crippen LogP contribution in [-0.4, -0.2) is 47.1 Å². The van der Waals surface area contributed by atoms with E-state index in [1.165, 1.54) is 0 Å². The molecule has 0 saturated carbocycles. The molecule has 29 heavy (non-hydrogen) atoms. The molecule has 1 aliphatic rings. The van der Waals surface area contributed by atoms with Crippen molar-refractivity contribution < 1.29 is 9.53 Å². The number of amides is 1. The summed E-state index contributed by atoms with van der Waals surface area (Å²) < 4.78 is 5.41. The topological polar surface area (TPSA) is 65.6 Å². The average Bonchev–Trinajstić information content (AvgIpc) is 2.74. The number of hydrogen-bond donors (Lipinski definition) is 1. The highest BCUT2D eigenvalue weighted by atomic mass is 16.6. The molecule has 0 spiro atoms. The van der Waals surface area contributed by atoms with Gasteiger partial charge in [0.15, 0.2) is 0 Å². The van der Waals surface area contributed by atoms with Gasteiger partial charge >= 0.3 is 6.09 Å². The molecule has 0 radical (unpaired) electrons. The third-order valence-corrected chi connectivity index (χ3v) is 5.31. The average molecular weight is 391 g/mol. The zero-order valence-electron chi connectivity index (χ0n) is 16.6. The van der Waals surface area contributed by atoms with Crippen molar-refractivity contribution in [2.45, 2.75) is 20.1 Å². The van der Waals surface area contributed by atoms with Crippen molar-refractivity contribution in [2.24, 2.45) is 0 Å². The van der Waals surface area contributed by atoms with Crippen LogP contribution < -0.4 is 5.56 Å². The van der Waals surface area contributed by atoms with Crippen LogP contribution in [-0.2, 0) is 17.9 Å². The number of rotatable bonds is 4. The normalized spacial score (nSPS) is 14.9. The molecule has 1 amide bonds. The van der Waals surface area contributed by atoms with Crippen LogP contribution in [0.25, 0.3) is 10.9 Å². The van der Waals surface area contributed by atoms with Crippen molar-refractivity contribution in [2.75, 3.05) is 26.2 Å². The van der Waals surface area contributed by atoms with Crippen LogP contribution in [0.3, 0.4) is 0 Å². The van der Waals surface area contributed by atoms with Gasteiger partial charge in [0.1, 0.15) is 6.61 Å². The summed E-state index contributed by atoms with van der Waals surface area (Å²) in [6.45, 7) is 5.52. The second-order valence-electron chi connectivity index (χ2n) is 7.52. The fraction of sp³-hybridized carbons (Fsp3) is 0.304. The number of carbonyl (C=O) groups excluding carboxylic acids is 1. The molecule has 1 aromatic heterocycles. The molecule has 6 nitrogen and oxygen atoms in total. The van der Waals surface area contributed by atoms with Gasteiger partial charge in [-0.25, -0.2) is 4.79 Å². The van der Waals surface area contributed by atoms with E-state index < -0.39 is 0 Å². The van der Waals surface area contributed by atoms with Crippen molar-refractivity contribution in [3.05, 3.63) is 81.6 Å². The van der Waals surface area contributed by atoms with Crippen molar-refractivity contribution in [3.63, 3.8) is 0 Å². The van der Waals surface area contributed by atoms with Crippen LogP contribution >= 0.6 is 0 Å². The number of aryl methyl sites for hydroxylation is 1. The summed E-state index contributed by atoms with van der Waals surface area (Å²) in [6.07, 6.45) is -0.285. The van der Waals surface area contributed by atoms with Crippen molar-refractivity contribution in [3.8, 4) is 0 Å². The minimum Gasteiger partial charge on any atom is -0.445 e. The number of H-pyrrole nitrogens is 1. The van der Waals surface area contributed by atoms with Gasteiger partial charge in [-0.15, -0.1) is 0 Å².